The summed E-state index contributed by atoms with van der Waals surface area (Å²) in [5, 5.41) is 2.58. The minimum atomic E-state index is -3.75. The molecular formula is C11H12FNO3S. The van der Waals surface area contributed by atoms with Crippen molar-refractivity contribution in [3.8, 4) is 0 Å². The highest BCUT2D eigenvalue weighted by Crippen LogP contribution is 2.19. The van der Waals surface area contributed by atoms with Gasteiger partial charge in [0.1, 0.15) is 11.6 Å². The first kappa shape index (κ1) is 12.0. The zero-order valence-electron chi connectivity index (χ0n) is 9.02. The minimum Gasteiger partial charge on any atom is -0.352 e. The molecule has 0 bridgehead atoms. The number of hydrogen-bond acceptors (Lipinski definition) is 3. The van der Waals surface area contributed by atoms with Crippen LogP contribution in [-0.2, 0) is 14.6 Å². The largest absolute Gasteiger partial charge is 0.352 e. The van der Waals surface area contributed by atoms with E-state index in [0.717, 1.165) is 25.0 Å². The molecule has 0 aliphatic heterocycles. The van der Waals surface area contributed by atoms with Gasteiger partial charge in [0.25, 0.3) is 0 Å². The van der Waals surface area contributed by atoms with Crippen LogP contribution < -0.4 is 5.32 Å². The molecule has 4 nitrogen and oxygen atoms in total. The minimum absolute atomic E-state index is 0.116. The summed E-state index contributed by atoms with van der Waals surface area (Å²) in [6, 6.07) is 4.78. The summed E-state index contributed by atoms with van der Waals surface area (Å²) in [7, 11) is -3.75. The van der Waals surface area contributed by atoms with Crippen molar-refractivity contribution in [3.05, 3.63) is 30.1 Å². The standard InChI is InChI=1S/C11H12FNO3S/c12-8-2-1-3-10(6-8)17(15,16)7-11(14)13-9-4-5-9/h1-3,6,9H,4-5,7H2,(H,13,14). The third-order valence-electron chi connectivity index (χ3n) is 2.42. The van der Waals surface area contributed by atoms with Gasteiger partial charge < -0.3 is 5.32 Å². The van der Waals surface area contributed by atoms with E-state index in [9.17, 15) is 17.6 Å². The Kier molecular flexibility index (Phi) is 3.15. The lowest BCUT2D eigenvalue weighted by atomic mass is 10.4. The topological polar surface area (TPSA) is 63.2 Å². The molecule has 0 aromatic heterocycles. The summed E-state index contributed by atoms with van der Waals surface area (Å²) in [5.74, 6) is -1.79. The lowest BCUT2D eigenvalue weighted by molar-refractivity contribution is -0.118. The normalized spacial score (nSPS) is 15.6. The van der Waals surface area contributed by atoms with E-state index in [1.807, 2.05) is 0 Å². The van der Waals surface area contributed by atoms with Gasteiger partial charge in [-0.15, -0.1) is 0 Å². The molecule has 1 aliphatic carbocycles. The Balaban J connectivity index is 2.09. The van der Waals surface area contributed by atoms with Crippen LogP contribution in [-0.4, -0.2) is 26.1 Å². The molecule has 6 heteroatoms. The highest BCUT2D eigenvalue weighted by atomic mass is 32.2. The average molecular weight is 257 g/mol. The lowest BCUT2D eigenvalue weighted by Crippen LogP contribution is -2.31. The molecule has 1 aliphatic rings. The van der Waals surface area contributed by atoms with Gasteiger partial charge in [-0.1, -0.05) is 6.07 Å². The highest BCUT2D eigenvalue weighted by Gasteiger charge is 2.26. The predicted molar refractivity (Wildman–Crippen MR) is 59.6 cm³/mol. The number of benzene rings is 1. The molecule has 1 saturated carbocycles. The summed E-state index contributed by atoms with van der Waals surface area (Å²) >= 11 is 0. The van der Waals surface area contributed by atoms with Crippen LogP contribution >= 0.6 is 0 Å². The molecular weight excluding hydrogens is 245 g/mol. The number of amides is 1. The fourth-order valence-corrected chi connectivity index (χ4v) is 2.59. The Bertz CT molecular complexity index is 537. The van der Waals surface area contributed by atoms with Gasteiger partial charge >= 0.3 is 0 Å². The van der Waals surface area contributed by atoms with Crippen LogP contribution in [0, 0.1) is 5.82 Å². The molecule has 0 spiro atoms. The Morgan fingerprint density at radius 3 is 2.71 bits per heavy atom. The number of hydrogen-bond donors (Lipinski definition) is 1. The van der Waals surface area contributed by atoms with Crippen LogP contribution in [0.4, 0.5) is 4.39 Å². The van der Waals surface area contributed by atoms with E-state index in [1.165, 1.54) is 12.1 Å². The fraction of sp³-hybridized carbons (Fsp3) is 0.364. The molecule has 1 amide bonds. The van der Waals surface area contributed by atoms with Crippen molar-refractivity contribution in [2.75, 3.05) is 5.75 Å². The molecule has 92 valence electrons. The maximum absolute atomic E-state index is 12.9. The Hall–Kier alpha value is -1.43. The van der Waals surface area contributed by atoms with Crippen molar-refractivity contribution in [3.63, 3.8) is 0 Å². The predicted octanol–water partition coefficient (Wildman–Crippen LogP) is 0.878. The summed E-state index contributed by atoms with van der Waals surface area (Å²) in [4.78, 5) is 11.2. The summed E-state index contributed by atoms with van der Waals surface area (Å²) in [6.45, 7) is 0. The molecule has 1 N–H and O–H groups in total. The highest BCUT2D eigenvalue weighted by molar-refractivity contribution is 7.92. The molecule has 1 aromatic rings. The Labute approximate surface area is 98.8 Å². The monoisotopic (exact) mass is 257 g/mol. The van der Waals surface area contributed by atoms with Gasteiger partial charge in [-0.05, 0) is 31.0 Å². The number of halogens is 1. The lowest BCUT2D eigenvalue weighted by Gasteiger charge is -2.05. The number of carbonyl (C=O) groups is 1. The molecule has 0 radical (unpaired) electrons. The summed E-state index contributed by atoms with van der Waals surface area (Å²) in [6.07, 6.45) is 1.79. The smallest absolute Gasteiger partial charge is 0.235 e. The maximum atomic E-state index is 12.9. The summed E-state index contributed by atoms with van der Waals surface area (Å²) in [5.41, 5.74) is 0. The molecule has 1 fully saturated rings. The number of rotatable bonds is 4. The molecule has 0 unspecified atom stereocenters. The van der Waals surface area contributed by atoms with Gasteiger partial charge in [0, 0.05) is 6.04 Å². The molecule has 0 atom stereocenters. The van der Waals surface area contributed by atoms with Gasteiger partial charge in [-0.25, -0.2) is 12.8 Å². The molecule has 2 rings (SSSR count). The van der Waals surface area contributed by atoms with Gasteiger partial charge in [0.05, 0.1) is 4.90 Å². The summed E-state index contributed by atoms with van der Waals surface area (Å²) < 4.78 is 36.4. The third kappa shape index (κ3) is 3.26. The second-order valence-electron chi connectivity index (χ2n) is 4.06. The van der Waals surface area contributed by atoms with E-state index < -0.39 is 27.3 Å². The van der Waals surface area contributed by atoms with E-state index in [0.29, 0.717) is 0 Å². The maximum Gasteiger partial charge on any atom is 0.235 e. The van der Waals surface area contributed by atoms with Crippen molar-refractivity contribution < 1.29 is 17.6 Å². The van der Waals surface area contributed by atoms with Crippen LogP contribution in [0.5, 0.6) is 0 Å². The second kappa shape index (κ2) is 4.44. The van der Waals surface area contributed by atoms with Crippen LogP contribution in [0.1, 0.15) is 12.8 Å². The quantitative estimate of drug-likeness (QED) is 0.870. The first-order valence-corrected chi connectivity index (χ1v) is 6.90. The zero-order chi connectivity index (χ0) is 12.5. The van der Waals surface area contributed by atoms with Crippen molar-refractivity contribution in [1.29, 1.82) is 0 Å². The van der Waals surface area contributed by atoms with Crippen LogP contribution in [0.2, 0.25) is 0 Å². The average Bonchev–Trinajstić information content (AvgIpc) is 3.00. The van der Waals surface area contributed by atoms with Crippen LogP contribution in [0.25, 0.3) is 0 Å². The van der Waals surface area contributed by atoms with E-state index in [4.69, 9.17) is 0 Å². The van der Waals surface area contributed by atoms with E-state index in [-0.39, 0.29) is 10.9 Å². The molecule has 0 saturated heterocycles. The number of nitrogens with one attached hydrogen (secondary N) is 1. The fourth-order valence-electron chi connectivity index (χ4n) is 1.41. The third-order valence-corrected chi connectivity index (χ3v) is 4.03. The SMILES string of the molecule is O=C(CS(=O)(=O)c1cccc(F)c1)NC1CC1. The molecule has 0 heterocycles. The molecule has 17 heavy (non-hydrogen) atoms. The van der Waals surface area contributed by atoms with Crippen LogP contribution in [0.15, 0.2) is 29.2 Å². The Morgan fingerprint density at radius 2 is 2.12 bits per heavy atom. The molecule has 1 aromatic carbocycles. The number of carbonyl (C=O) groups excluding carboxylic acids is 1. The van der Waals surface area contributed by atoms with Gasteiger partial charge in [-0.3, -0.25) is 4.79 Å². The van der Waals surface area contributed by atoms with Crippen molar-refractivity contribution >= 4 is 15.7 Å². The van der Waals surface area contributed by atoms with Gasteiger partial charge in [0.2, 0.25) is 5.91 Å². The van der Waals surface area contributed by atoms with E-state index in [2.05, 4.69) is 5.32 Å². The zero-order valence-corrected chi connectivity index (χ0v) is 9.84. The van der Waals surface area contributed by atoms with Crippen molar-refractivity contribution in [1.82, 2.24) is 5.32 Å². The first-order valence-electron chi connectivity index (χ1n) is 5.25. The van der Waals surface area contributed by atoms with Crippen LogP contribution in [0.3, 0.4) is 0 Å². The van der Waals surface area contributed by atoms with E-state index in [1.54, 1.807) is 0 Å². The van der Waals surface area contributed by atoms with Gasteiger partial charge in [0.15, 0.2) is 9.84 Å². The van der Waals surface area contributed by atoms with Crippen molar-refractivity contribution in [2.45, 2.75) is 23.8 Å². The first-order chi connectivity index (χ1) is 7.97. The van der Waals surface area contributed by atoms with E-state index >= 15 is 0 Å². The Morgan fingerprint density at radius 1 is 1.41 bits per heavy atom. The second-order valence-corrected chi connectivity index (χ2v) is 6.05. The number of sulfone groups is 1. The van der Waals surface area contributed by atoms with Gasteiger partial charge in [-0.2, -0.15) is 0 Å². The van der Waals surface area contributed by atoms with Crippen molar-refractivity contribution in [2.24, 2.45) is 0 Å².